The lowest BCUT2D eigenvalue weighted by Crippen LogP contribution is -2.15. The van der Waals surface area contributed by atoms with Gasteiger partial charge in [0.1, 0.15) is 10.7 Å². The van der Waals surface area contributed by atoms with Crippen molar-refractivity contribution in [2.75, 3.05) is 11.1 Å². The third kappa shape index (κ3) is 4.51. The van der Waals surface area contributed by atoms with Crippen molar-refractivity contribution in [3.8, 4) is 0 Å². The van der Waals surface area contributed by atoms with E-state index in [1.54, 1.807) is 12.1 Å². The van der Waals surface area contributed by atoms with Gasteiger partial charge in [0.15, 0.2) is 0 Å². The second-order valence-electron chi connectivity index (χ2n) is 4.53. The van der Waals surface area contributed by atoms with Gasteiger partial charge in [-0.15, -0.1) is 0 Å². The lowest BCUT2D eigenvalue weighted by atomic mass is 10.2. The molecular formula is C14H15ClN2O4S2. The Balaban J connectivity index is 2.42. The van der Waals surface area contributed by atoms with Crippen molar-refractivity contribution in [2.45, 2.75) is 18.4 Å². The van der Waals surface area contributed by atoms with Crippen molar-refractivity contribution in [1.82, 2.24) is 0 Å². The molecule has 0 bridgehead atoms. The Morgan fingerprint density at radius 3 is 2.74 bits per heavy atom. The molecular weight excluding hydrogens is 360 g/mol. The molecule has 0 atom stereocenters. The van der Waals surface area contributed by atoms with Crippen LogP contribution < -0.4 is 10.5 Å². The van der Waals surface area contributed by atoms with Crippen molar-refractivity contribution >= 4 is 44.2 Å². The van der Waals surface area contributed by atoms with Gasteiger partial charge in [-0.2, -0.15) is 0 Å². The van der Waals surface area contributed by atoms with Gasteiger partial charge in [-0.05, 0) is 30.0 Å². The van der Waals surface area contributed by atoms with Crippen LogP contribution in [0, 0.1) is 0 Å². The number of rotatable bonds is 6. The molecule has 0 spiro atoms. The van der Waals surface area contributed by atoms with Crippen molar-refractivity contribution in [1.29, 1.82) is 0 Å². The van der Waals surface area contributed by atoms with Gasteiger partial charge in [0, 0.05) is 5.69 Å². The van der Waals surface area contributed by atoms with Crippen LogP contribution in [0.2, 0.25) is 5.02 Å². The molecule has 2 rings (SSSR count). The number of carbonyl (C=O) groups excluding carboxylic acids is 1. The number of primary sulfonamides is 1. The number of nitrogens with one attached hydrogen (secondary N) is 1. The van der Waals surface area contributed by atoms with Crippen LogP contribution in [0.25, 0.3) is 0 Å². The van der Waals surface area contributed by atoms with E-state index in [-0.39, 0.29) is 20.6 Å². The number of nitrogens with two attached hydrogens (primary N) is 1. The summed E-state index contributed by atoms with van der Waals surface area (Å²) in [6.45, 7) is 2.16. The maximum atomic E-state index is 12.2. The Labute approximate surface area is 143 Å². The molecule has 0 aliphatic carbocycles. The summed E-state index contributed by atoms with van der Waals surface area (Å²) in [4.78, 5) is 12.0. The fourth-order valence-electron chi connectivity index (χ4n) is 1.89. The van der Waals surface area contributed by atoms with Gasteiger partial charge < -0.3 is 9.73 Å². The molecule has 0 saturated heterocycles. The summed E-state index contributed by atoms with van der Waals surface area (Å²) in [6, 6.07) is 6.10. The lowest BCUT2D eigenvalue weighted by Gasteiger charge is -2.13. The summed E-state index contributed by atoms with van der Waals surface area (Å²) in [6.07, 6.45) is 1.53. The molecule has 23 heavy (non-hydrogen) atoms. The van der Waals surface area contributed by atoms with Crippen LogP contribution >= 0.6 is 23.4 Å². The minimum atomic E-state index is -4.02. The zero-order valence-corrected chi connectivity index (χ0v) is 14.6. The first kappa shape index (κ1) is 17.9. The SMILES string of the molecule is CCSC(=O)c1cc(S(N)(=O)=O)c(Cl)cc1NCc1ccco1. The highest BCUT2D eigenvalue weighted by Gasteiger charge is 2.20. The van der Waals surface area contributed by atoms with Crippen LogP contribution in [0.4, 0.5) is 5.69 Å². The molecule has 1 aromatic heterocycles. The molecule has 6 nitrogen and oxygen atoms in total. The van der Waals surface area contributed by atoms with Crippen molar-refractivity contribution in [3.05, 3.63) is 46.9 Å². The highest BCUT2D eigenvalue weighted by Crippen LogP contribution is 2.31. The maximum absolute atomic E-state index is 12.2. The standard InChI is InChI=1S/C14H15ClN2O4S2/c1-2-22-14(18)10-6-13(23(16,19)20)11(15)7-12(10)17-8-9-4-3-5-21-9/h3-7,17H,2,8H2,1H3,(H2,16,19,20). The molecule has 3 N–H and O–H groups in total. The molecule has 1 aromatic carbocycles. The van der Waals surface area contributed by atoms with E-state index in [9.17, 15) is 13.2 Å². The molecule has 0 fully saturated rings. The van der Waals surface area contributed by atoms with Gasteiger partial charge in [0.2, 0.25) is 15.1 Å². The van der Waals surface area contributed by atoms with E-state index in [1.807, 2.05) is 6.92 Å². The third-order valence-electron chi connectivity index (χ3n) is 2.91. The van der Waals surface area contributed by atoms with Crippen molar-refractivity contribution in [3.63, 3.8) is 0 Å². The number of anilines is 1. The summed E-state index contributed by atoms with van der Waals surface area (Å²) in [5.41, 5.74) is 0.626. The quantitative estimate of drug-likeness (QED) is 0.805. The number of hydrogen-bond donors (Lipinski definition) is 2. The summed E-state index contributed by atoms with van der Waals surface area (Å²) in [5.74, 6) is 1.22. The number of halogens is 1. The topological polar surface area (TPSA) is 102 Å². The largest absolute Gasteiger partial charge is 0.467 e. The zero-order valence-electron chi connectivity index (χ0n) is 12.2. The minimum Gasteiger partial charge on any atom is -0.467 e. The van der Waals surface area contributed by atoms with Gasteiger partial charge in [0.05, 0.1) is 23.4 Å². The van der Waals surface area contributed by atoms with Crippen LogP contribution in [0.3, 0.4) is 0 Å². The van der Waals surface area contributed by atoms with Crippen LogP contribution in [0.5, 0.6) is 0 Å². The van der Waals surface area contributed by atoms with Crippen LogP contribution in [-0.4, -0.2) is 19.3 Å². The Kier molecular flexibility index (Phi) is 5.74. The van der Waals surface area contributed by atoms with Crippen molar-refractivity contribution < 1.29 is 17.6 Å². The average molecular weight is 375 g/mol. The van der Waals surface area contributed by atoms with Gasteiger partial charge in [-0.3, -0.25) is 4.79 Å². The normalized spacial score (nSPS) is 11.4. The number of carbonyl (C=O) groups is 1. The van der Waals surface area contributed by atoms with Crippen LogP contribution in [-0.2, 0) is 16.6 Å². The van der Waals surface area contributed by atoms with Crippen LogP contribution in [0.1, 0.15) is 23.0 Å². The summed E-state index contributed by atoms with van der Waals surface area (Å²) < 4.78 is 28.4. The molecule has 0 unspecified atom stereocenters. The zero-order chi connectivity index (χ0) is 17.0. The van der Waals surface area contributed by atoms with Crippen LogP contribution in [0.15, 0.2) is 39.8 Å². The number of furan rings is 1. The van der Waals surface area contributed by atoms with Gasteiger partial charge >= 0.3 is 0 Å². The van der Waals surface area contributed by atoms with E-state index < -0.39 is 10.0 Å². The Hall–Kier alpha value is -1.48. The van der Waals surface area contributed by atoms with Gasteiger partial charge in [-0.1, -0.05) is 30.3 Å². The Morgan fingerprint density at radius 1 is 1.43 bits per heavy atom. The smallest absolute Gasteiger partial charge is 0.239 e. The molecule has 2 aromatic rings. The Morgan fingerprint density at radius 2 is 2.17 bits per heavy atom. The predicted octanol–water partition coefficient (Wildman–Crippen LogP) is 3.09. The summed E-state index contributed by atoms with van der Waals surface area (Å²) >= 11 is 7.05. The van der Waals surface area contributed by atoms with E-state index in [4.69, 9.17) is 21.2 Å². The second kappa shape index (κ2) is 7.39. The molecule has 0 aliphatic rings. The first-order valence-corrected chi connectivity index (χ1v) is 9.53. The fraction of sp³-hybridized carbons (Fsp3) is 0.214. The monoisotopic (exact) mass is 374 g/mol. The second-order valence-corrected chi connectivity index (χ2v) is 7.70. The molecule has 0 radical (unpaired) electrons. The average Bonchev–Trinajstić information content (AvgIpc) is 2.97. The number of thioether (sulfide) groups is 1. The van der Waals surface area contributed by atoms with Gasteiger partial charge in [0.25, 0.3) is 0 Å². The summed E-state index contributed by atoms with van der Waals surface area (Å²) in [5, 5.41) is 7.85. The van der Waals surface area contributed by atoms with E-state index in [0.29, 0.717) is 23.7 Å². The van der Waals surface area contributed by atoms with Gasteiger partial charge in [-0.25, -0.2) is 13.6 Å². The molecule has 0 aliphatic heterocycles. The molecule has 1 heterocycles. The van der Waals surface area contributed by atoms with E-state index in [1.165, 1.54) is 18.4 Å². The summed E-state index contributed by atoms with van der Waals surface area (Å²) in [7, 11) is -4.02. The number of hydrogen-bond acceptors (Lipinski definition) is 6. The highest BCUT2D eigenvalue weighted by atomic mass is 35.5. The fourth-order valence-corrected chi connectivity index (χ4v) is 3.58. The lowest BCUT2D eigenvalue weighted by molar-refractivity contribution is 0.108. The Bertz CT molecular complexity index is 804. The molecule has 0 amide bonds. The maximum Gasteiger partial charge on any atom is 0.239 e. The molecule has 9 heteroatoms. The highest BCUT2D eigenvalue weighted by molar-refractivity contribution is 8.14. The van der Waals surface area contributed by atoms with E-state index in [0.717, 1.165) is 11.8 Å². The number of benzene rings is 1. The minimum absolute atomic E-state index is 0.0486. The predicted molar refractivity (Wildman–Crippen MR) is 91.3 cm³/mol. The molecule has 124 valence electrons. The third-order valence-corrected chi connectivity index (χ3v) is 5.05. The molecule has 0 saturated carbocycles. The van der Waals surface area contributed by atoms with Crippen molar-refractivity contribution in [2.24, 2.45) is 5.14 Å². The number of sulfonamides is 1. The van der Waals surface area contributed by atoms with E-state index >= 15 is 0 Å². The first-order chi connectivity index (χ1) is 10.8. The first-order valence-electron chi connectivity index (χ1n) is 6.62. The van der Waals surface area contributed by atoms with E-state index in [2.05, 4.69) is 5.32 Å².